The van der Waals surface area contributed by atoms with Gasteiger partial charge in [0.1, 0.15) is 12.6 Å². The van der Waals surface area contributed by atoms with Crippen molar-refractivity contribution in [3.8, 4) is 0 Å². The van der Waals surface area contributed by atoms with Crippen LogP contribution >= 0.6 is 34.8 Å². The van der Waals surface area contributed by atoms with E-state index < -0.39 is 28.5 Å². The molecule has 0 unspecified atom stereocenters. The molecule has 11 heteroatoms. The lowest BCUT2D eigenvalue weighted by molar-refractivity contribution is -0.139. The van der Waals surface area contributed by atoms with Crippen LogP contribution in [-0.4, -0.2) is 50.0 Å². The van der Waals surface area contributed by atoms with Crippen molar-refractivity contribution >= 4 is 62.3 Å². The Balaban J connectivity index is 1.89. The quantitative estimate of drug-likeness (QED) is 0.442. The van der Waals surface area contributed by atoms with E-state index in [0.29, 0.717) is 10.6 Å². The van der Waals surface area contributed by atoms with Crippen molar-refractivity contribution in [1.29, 1.82) is 0 Å². The third-order valence-electron chi connectivity index (χ3n) is 6.18. The third-order valence-corrected chi connectivity index (χ3v) is 7.99. The van der Waals surface area contributed by atoms with Gasteiger partial charge in [-0.25, -0.2) is 8.42 Å². The number of nitrogens with one attached hydrogen (secondary N) is 1. The minimum Gasteiger partial charge on any atom is -0.352 e. The zero-order chi connectivity index (χ0) is 26.5. The van der Waals surface area contributed by atoms with Gasteiger partial charge in [0.2, 0.25) is 21.8 Å². The number of anilines is 1. The van der Waals surface area contributed by atoms with E-state index >= 15 is 0 Å². The van der Waals surface area contributed by atoms with Crippen LogP contribution in [0.15, 0.2) is 42.5 Å². The molecule has 0 saturated heterocycles. The highest BCUT2D eigenvalue weighted by Crippen LogP contribution is 2.27. The first-order chi connectivity index (χ1) is 16.9. The highest BCUT2D eigenvalue weighted by atomic mass is 35.5. The molecular formula is C25H30Cl3N3O4S. The fourth-order valence-corrected chi connectivity index (χ4v) is 5.84. The van der Waals surface area contributed by atoms with E-state index in [4.69, 9.17) is 34.8 Å². The molecule has 7 nitrogen and oxygen atoms in total. The summed E-state index contributed by atoms with van der Waals surface area (Å²) in [6, 6.07) is 10.5. The second kappa shape index (κ2) is 12.5. The largest absolute Gasteiger partial charge is 0.352 e. The van der Waals surface area contributed by atoms with Gasteiger partial charge in [-0.15, -0.1) is 0 Å². The Kier molecular flexibility index (Phi) is 9.92. The highest BCUT2D eigenvalue weighted by molar-refractivity contribution is 7.92. The summed E-state index contributed by atoms with van der Waals surface area (Å²) < 4.78 is 26.2. The lowest BCUT2D eigenvalue weighted by Crippen LogP contribution is -2.52. The standard InChI is InChI=1S/C25H30Cl3N3O4S/c1-17(25(33)29-22-9-4-3-5-10-22)30(15-18-7-6-8-19(26)11-18)24(32)16-31(36(2,34)35)23-13-20(27)12-21(28)14-23/h6-8,11-14,17,22H,3-5,9-10,15-16H2,1-2H3,(H,29,33)/t17-/m1/s1. The number of carbonyl (C=O) groups excluding carboxylic acids is 2. The lowest BCUT2D eigenvalue weighted by Gasteiger charge is -2.33. The van der Waals surface area contributed by atoms with E-state index in [1.807, 2.05) is 0 Å². The van der Waals surface area contributed by atoms with Crippen LogP contribution in [0.1, 0.15) is 44.6 Å². The molecule has 0 bridgehead atoms. The van der Waals surface area contributed by atoms with Crippen molar-refractivity contribution in [3.63, 3.8) is 0 Å². The Bertz CT molecular complexity index is 1180. The summed E-state index contributed by atoms with van der Waals surface area (Å²) >= 11 is 18.3. The first-order valence-corrected chi connectivity index (χ1v) is 14.7. The number of amides is 2. The van der Waals surface area contributed by atoms with E-state index in [1.165, 1.54) is 23.1 Å². The van der Waals surface area contributed by atoms with Gasteiger partial charge in [0.15, 0.2) is 0 Å². The van der Waals surface area contributed by atoms with E-state index in [-0.39, 0.29) is 34.2 Å². The minimum absolute atomic E-state index is 0.0675. The molecule has 0 aliphatic heterocycles. The molecule has 2 amide bonds. The third kappa shape index (κ3) is 8.00. The molecule has 0 radical (unpaired) electrons. The monoisotopic (exact) mass is 573 g/mol. The van der Waals surface area contributed by atoms with Gasteiger partial charge in [-0.3, -0.25) is 13.9 Å². The van der Waals surface area contributed by atoms with E-state index in [0.717, 1.165) is 42.7 Å². The summed E-state index contributed by atoms with van der Waals surface area (Å²) in [5.41, 5.74) is 0.871. The Morgan fingerprint density at radius 1 is 1.00 bits per heavy atom. The van der Waals surface area contributed by atoms with Gasteiger partial charge in [0.05, 0.1) is 11.9 Å². The van der Waals surface area contributed by atoms with E-state index in [2.05, 4.69) is 5.32 Å². The first-order valence-electron chi connectivity index (χ1n) is 11.7. The lowest BCUT2D eigenvalue weighted by atomic mass is 9.95. The second-order valence-electron chi connectivity index (χ2n) is 9.07. The van der Waals surface area contributed by atoms with Gasteiger partial charge in [0.25, 0.3) is 0 Å². The van der Waals surface area contributed by atoms with Crippen molar-refractivity contribution in [2.75, 3.05) is 17.1 Å². The molecule has 1 atom stereocenters. The molecule has 2 aromatic rings. The average molecular weight is 575 g/mol. The molecule has 0 aromatic heterocycles. The predicted octanol–water partition coefficient (Wildman–Crippen LogP) is 5.28. The maximum Gasteiger partial charge on any atom is 0.244 e. The van der Waals surface area contributed by atoms with Crippen LogP contribution < -0.4 is 9.62 Å². The van der Waals surface area contributed by atoms with Crippen molar-refractivity contribution in [2.24, 2.45) is 0 Å². The molecule has 0 heterocycles. The summed E-state index contributed by atoms with van der Waals surface area (Å²) in [7, 11) is -3.88. The molecule has 2 aromatic carbocycles. The number of benzene rings is 2. The topological polar surface area (TPSA) is 86.8 Å². The Hall–Kier alpha value is -2.00. The van der Waals surface area contributed by atoms with Gasteiger partial charge in [-0.1, -0.05) is 66.2 Å². The second-order valence-corrected chi connectivity index (χ2v) is 12.3. The number of hydrogen-bond acceptors (Lipinski definition) is 4. The zero-order valence-corrected chi connectivity index (χ0v) is 23.3. The van der Waals surface area contributed by atoms with Crippen LogP contribution in [0.4, 0.5) is 5.69 Å². The summed E-state index contributed by atoms with van der Waals surface area (Å²) in [4.78, 5) is 28.1. The fourth-order valence-electron chi connectivity index (χ4n) is 4.28. The number of carbonyl (C=O) groups is 2. The van der Waals surface area contributed by atoms with Crippen LogP contribution in [0.5, 0.6) is 0 Å². The Morgan fingerprint density at radius 2 is 1.64 bits per heavy atom. The van der Waals surface area contributed by atoms with Crippen molar-refractivity contribution < 1.29 is 18.0 Å². The highest BCUT2D eigenvalue weighted by Gasteiger charge is 2.31. The molecule has 1 N–H and O–H groups in total. The van der Waals surface area contributed by atoms with Crippen molar-refractivity contribution in [2.45, 2.75) is 57.7 Å². The molecule has 3 rings (SSSR count). The molecule has 0 spiro atoms. The first kappa shape index (κ1) is 28.6. The van der Waals surface area contributed by atoms with Crippen LogP contribution in [0.25, 0.3) is 0 Å². The molecule has 1 aliphatic rings. The SMILES string of the molecule is C[C@H](C(=O)NC1CCCCC1)N(Cc1cccc(Cl)c1)C(=O)CN(c1cc(Cl)cc(Cl)c1)S(C)(=O)=O. The molecule has 1 fully saturated rings. The molecule has 1 saturated carbocycles. The van der Waals surface area contributed by atoms with E-state index in [9.17, 15) is 18.0 Å². The van der Waals surface area contributed by atoms with Gasteiger partial charge in [-0.05, 0) is 55.7 Å². The average Bonchev–Trinajstić information content (AvgIpc) is 2.79. The maximum absolute atomic E-state index is 13.6. The molecule has 196 valence electrons. The van der Waals surface area contributed by atoms with Crippen LogP contribution in [0.2, 0.25) is 15.1 Å². The van der Waals surface area contributed by atoms with Crippen LogP contribution in [-0.2, 0) is 26.2 Å². The van der Waals surface area contributed by atoms with E-state index in [1.54, 1.807) is 31.2 Å². The van der Waals surface area contributed by atoms with Gasteiger partial charge in [0, 0.05) is 27.7 Å². The molecular weight excluding hydrogens is 545 g/mol. The number of sulfonamides is 1. The van der Waals surface area contributed by atoms with Gasteiger partial charge < -0.3 is 10.2 Å². The molecule has 36 heavy (non-hydrogen) atoms. The summed E-state index contributed by atoms with van der Waals surface area (Å²) in [5, 5.41) is 4.01. The minimum atomic E-state index is -3.88. The summed E-state index contributed by atoms with van der Waals surface area (Å²) in [6.07, 6.45) is 6.05. The number of hydrogen-bond donors (Lipinski definition) is 1. The summed E-state index contributed by atoms with van der Waals surface area (Å²) in [6.45, 7) is 1.19. The smallest absolute Gasteiger partial charge is 0.244 e. The van der Waals surface area contributed by atoms with Crippen LogP contribution in [0, 0.1) is 0 Å². The van der Waals surface area contributed by atoms with Crippen molar-refractivity contribution in [3.05, 3.63) is 63.1 Å². The maximum atomic E-state index is 13.6. The zero-order valence-electron chi connectivity index (χ0n) is 20.2. The summed E-state index contributed by atoms with van der Waals surface area (Å²) in [5.74, 6) is -0.836. The van der Waals surface area contributed by atoms with Crippen LogP contribution in [0.3, 0.4) is 0 Å². The van der Waals surface area contributed by atoms with Gasteiger partial charge in [-0.2, -0.15) is 0 Å². The Labute approximate surface area is 227 Å². The van der Waals surface area contributed by atoms with Crippen molar-refractivity contribution in [1.82, 2.24) is 10.2 Å². The predicted molar refractivity (Wildman–Crippen MR) is 145 cm³/mol. The normalized spacial score (nSPS) is 15.2. The number of halogens is 3. The fraction of sp³-hybridized carbons (Fsp3) is 0.440. The number of nitrogens with zero attached hydrogens (tertiary/aromatic N) is 2. The van der Waals surface area contributed by atoms with Gasteiger partial charge >= 0.3 is 0 Å². The Morgan fingerprint density at radius 3 is 2.22 bits per heavy atom. The number of rotatable bonds is 9. The molecule has 1 aliphatic carbocycles.